The predicted octanol–water partition coefficient (Wildman–Crippen LogP) is 1.62. The molecule has 0 aromatic heterocycles. The molecule has 6 nitrogen and oxygen atoms in total. The lowest BCUT2D eigenvalue weighted by Crippen LogP contribution is -2.41. The zero-order valence-corrected chi connectivity index (χ0v) is 12.5. The van der Waals surface area contributed by atoms with Gasteiger partial charge in [-0.2, -0.15) is 0 Å². The summed E-state index contributed by atoms with van der Waals surface area (Å²) < 4.78 is 10.4. The number of carbonyl (C=O) groups excluding carboxylic acids is 1. The van der Waals surface area contributed by atoms with Crippen LogP contribution >= 0.6 is 0 Å². The molecule has 1 amide bonds. The molecule has 0 bridgehead atoms. The number of carboxylic acid groups (broad SMARTS) is 1. The highest BCUT2D eigenvalue weighted by atomic mass is 16.5. The number of amides is 1. The minimum atomic E-state index is -1.03. The highest BCUT2D eigenvalue weighted by molar-refractivity contribution is 5.85. The molecule has 0 radical (unpaired) electrons. The number of methoxy groups -OCH3 is 2. The van der Waals surface area contributed by atoms with Crippen LogP contribution in [-0.2, 0) is 16.0 Å². The molecule has 0 aliphatic carbocycles. The Morgan fingerprint density at radius 3 is 2.24 bits per heavy atom. The Labute approximate surface area is 124 Å². The summed E-state index contributed by atoms with van der Waals surface area (Å²) in [5.74, 6) is -0.338. The van der Waals surface area contributed by atoms with Crippen LogP contribution in [0.15, 0.2) is 18.2 Å². The zero-order valence-electron chi connectivity index (χ0n) is 12.5. The number of rotatable bonds is 8. The third-order valence-corrected chi connectivity index (χ3v) is 3.08. The highest BCUT2D eigenvalue weighted by Crippen LogP contribution is 2.28. The molecular weight excluding hydrogens is 274 g/mol. The number of ether oxygens (including phenoxy) is 2. The van der Waals surface area contributed by atoms with Gasteiger partial charge in [-0.05, 0) is 18.6 Å². The van der Waals surface area contributed by atoms with Crippen molar-refractivity contribution in [3.63, 3.8) is 0 Å². The second-order valence-electron chi connectivity index (χ2n) is 4.56. The summed E-state index contributed by atoms with van der Waals surface area (Å²) in [6.07, 6.45) is 1.07. The minimum Gasteiger partial charge on any atom is -0.496 e. The average molecular weight is 295 g/mol. The molecule has 6 heteroatoms. The van der Waals surface area contributed by atoms with E-state index in [1.165, 1.54) is 14.2 Å². The van der Waals surface area contributed by atoms with Crippen molar-refractivity contribution in [2.75, 3.05) is 14.2 Å². The molecule has 1 aromatic rings. The SMILES string of the molecule is CCCC(NC(=O)Cc1c(OC)cccc1OC)C(=O)O. The lowest BCUT2D eigenvalue weighted by molar-refractivity contribution is -0.141. The summed E-state index contributed by atoms with van der Waals surface area (Å²) in [7, 11) is 3.01. The lowest BCUT2D eigenvalue weighted by atomic mass is 10.1. The van der Waals surface area contributed by atoms with Gasteiger partial charge in [-0.25, -0.2) is 4.79 Å². The topological polar surface area (TPSA) is 84.9 Å². The summed E-state index contributed by atoms with van der Waals surface area (Å²) in [5.41, 5.74) is 0.598. The van der Waals surface area contributed by atoms with Crippen molar-refractivity contribution >= 4 is 11.9 Å². The van der Waals surface area contributed by atoms with E-state index < -0.39 is 12.0 Å². The fourth-order valence-corrected chi connectivity index (χ4v) is 2.05. The lowest BCUT2D eigenvalue weighted by Gasteiger charge is -2.16. The van der Waals surface area contributed by atoms with Crippen molar-refractivity contribution in [2.45, 2.75) is 32.2 Å². The summed E-state index contributed by atoms with van der Waals surface area (Å²) in [4.78, 5) is 23.1. The van der Waals surface area contributed by atoms with Gasteiger partial charge in [0.25, 0.3) is 0 Å². The van der Waals surface area contributed by atoms with Crippen molar-refractivity contribution in [1.29, 1.82) is 0 Å². The Morgan fingerprint density at radius 2 is 1.81 bits per heavy atom. The molecule has 0 heterocycles. The molecule has 1 rings (SSSR count). The van der Waals surface area contributed by atoms with E-state index in [1.807, 2.05) is 6.92 Å². The Morgan fingerprint density at radius 1 is 1.24 bits per heavy atom. The molecule has 1 atom stereocenters. The summed E-state index contributed by atoms with van der Waals surface area (Å²) in [5, 5.41) is 11.6. The van der Waals surface area contributed by atoms with Crippen molar-refractivity contribution in [3.8, 4) is 11.5 Å². The quantitative estimate of drug-likeness (QED) is 0.761. The van der Waals surface area contributed by atoms with E-state index in [2.05, 4.69) is 5.32 Å². The standard InChI is InChI=1S/C15H21NO5/c1-4-6-11(15(18)19)16-14(17)9-10-12(20-2)7-5-8-13(10)21-3/h5,7-8,11H,4,6,9H2,1-3H3,(H,16,17)(H,18,19). The fourth-order valence-electron chi connectivity index (χ4n) is 2.05. The molecule has 0 aliphatic heterocycles. The van der Waals surface area contributed by atoms with Crippen molar-refractivity contribution < 1.29 is 24.2 Å². The monoisotopic (exact) mass is 295 g/mol. The first kappa shape index (κ1) is 16.8. The van der Waals surface area contributed by atoms with E-state index in [-0.39, 0.29) is 12.3 Å². The minimum absolute atomic E-state index is 0.000676. The van der Waals surface area contributed by atoms with Gasteiger partial charge in [-0.1, -0.05) is 19.4 Å². The van der Waals surface area contributed by atoms with E-state index in [1.54, 1.807) is 18.2 Å². The third kappa shape index (κ3) is 4.66. The van der Waals surface area contributed by atoms with Gasteiger partial charge in [-0.3, -0.25) is 4.79 Å². The van der Waals surface area contributed by atoms with Gasteiger partial charge in [0, 0.05) is 5.56 Å². The van der Waals surface area contributed by atoms with Gasteiger partial charge in [0.05, 0.1) is 20.6 Å². The van der Waals surface area contributed by atoms with Gasteiger partial charge in [0.2, 0.25) is 5.91 Å². The second-order valence-corrected chi connectivity index (χ2v) is 4.56. The van der Waals surface area contributed by atoms with Crippen LogP contribution in [-0.4, -0.2) is 37.2 Å². The molecule has 0 aliphatic rings. The van der Waals surface area contributed by atoms with Crippen molar-refractivity contribution in [3.05, 3.63) is 23.8 Å². The Balaban J connectivity index is 2.85. The van der Waals surface area contributed by atoms with Crippen LogP contribution in [0.2, 0.25) is 0 Å². The first-order valence-corrected chi connectivity index (χ1v) is 6.75. The fraction of sp³-hybridized carbons (Fsp3) is 0.467. The Bertz CT molecular complexity index is 479. The van der Waals surface area contributed by atoms with E-state index in [0.29, 0.717) is 29.9 Å². The van der Waals surface area contributed by atoms with Gasteiger partial charge in [-0.15, -0.1) is 0 Å². The summed E-state index contributed by atoms with van der Waals surface area (Å²) >= 11 is 0. The maximum atomic E-state index is 12.1. The van der Waals surface area contributed by atoms with E-state index >= 15 is 0 Å². The molecule has 116 valence electrons. The average Bonchev–Trinajstić information content (AvgIpc) is 2.46. The molecule has 21 heavy (non-hydrogen) atoms. The maximum absolute atomic E-state index is 12.1. The molecular formula is C15H21NO5. The zero-order chi connectivity index (χ0) is 15.8. The second kappa shape index (κ2) is 8.14. The highest BCUT2D eigenvalue weighted by Gasteiger charge is 2.21. The molecule has 1 aromatic carbocycles. The van der Waals surface area contributed by atoms with Crippen LogP contribution in [0, 0.1) is 0 Å². The first-order chi connectivity index (χ1) is 10.0. The van der Waals surface area contributed by atoms with Crippen LogP contribution in [0.1, 0.15) is 25.3 Å². The summed E-state index contributed by atoms with van der Waals surface area (Å²) in [6, 6.07) is 4.34. The van der Waals surface area contributed by atoms with Crippen LogP contribution in [0.5, 0.6) is 11.5 Å². The number of hydrogen-bond donors (Lipinski definition) is 2. The number of hydrogen-bond acceptors (Lipinski definition) is 4. The molecule has 0 saturated heterocycles. The Kier molecular flexibility index (Phi) is 6.52. The van der Waals surface area contributed by atoms with Gasteiger partial charge >= 0.3 is 5.97 Å². The molecule has 0 fully saturated rings. The predicted molar refractivity (Wildman–Crippen MR) is 77.7 cm³/mol. The largest absolute Gasteiger partial charge is 0.496 e. The number of carbonyl (C=O) groups is 2. The van der Waals surface area contributed by atoms with Gasteiger partial charge < -0.3 is 19.9 Å². The third-order valence-electron chi connectivity index (χ3n) is 3.08. The molecule has 0 saturated carbocycles. The number of carboxylic acids is 1. The first-order valence-electron chi connectivity index (χ1n) is 6.75. The van der Waals surface area contributed by atoms with E-state index in [4.69, 9.17) is 14.6 Å². The maximum Gasteiger partial charge on any atom is 0.326 e. The van der Waals surface area contributed by atoms with Gasteiger partial charge in [0.15, 0.2) is 0 Å². The van der Waals surface area contributed by atoms with Crippen molar-refractivity contribution in [1.82, 2.24) is 5.32 Å². The van der Waals surface area contributed by atoms with E-state index in [0.717, 1.165) is 0 Å². The normalized spacial score (nSPS) is 11.6. The molecule has 2 N–H and O–H groups in total. The van der Waals surface area contributed by atoms with E-state index in [9.17, 15) is 9.59 Å². The smallest absolute Gasteiger partial charge is 0.326 e. The van der Waals surface area contributed by atoms with Crippen LogP contribution in [0.4, 0.5) is 0 Å². The molecule has 0 spiro atoms. The number of benzene rings is 1. The van der Waals surface area contributed by atoms with Crippen LogP contribution in [0.25, 0.3) is 0 Å². The number of nitrogens with one attached hydrogen (secondary N) is 1. The Hall–Kier alpha value is -2.24. The van der Waals surface area contributed by atoms with Gasteiger partial charge in [0.1, 0.15) is 17.5 Å². The number of aliphatic carboxylic acids is 1. The molecule has 1 unspecified atom stereocenters. The van der Waals surface area contributed by atoms with Crippen LogP contribution < -0.4 is 14.8 Å². The van der Waals surface area contributed by atoms with Crippen molar-refractivity contribution in [2.24, 2.45) is 0 Å². The van der Waals surface area contributed by atoms with Crippen LogP contribution in [0.3, 0.4) is 0 Å². The summed E-state index contributed by atoms with van der Waals surface area (Å²) in [6.45, 7) is 1.87.